The first-order chi connectivity index (χ1) is 30.6. The predicted molar refractivity (Wildman–Crippen MR) is 263 cm³/mol. The molecule has 0 rings (SSSR count). The minimum absolute atomic E-state index is 0.184. The third-order valence-corrected chi connectivity index (χ3v) is 10.5. The second-order valence-corrected chi connectivity index (χ2v) is 17.8. The molecule has 1 N–H and O–H groups in total. The molecule has 0 amide bonds. The number of unbranched alkanes of at least 4 members (excludes halogenated alkanes) is 18. The predicted octanol–water partition coefficient (Wildman–Crippen LogP) is 13.9. The summed E-state index contributed by atoms with van der Waals surface area (Å²) in [5.74, 6) is -2.03. The third-order valence-electron chi connectivity index (χ3n) is 10.5. The summed E-state index contributed by atoms with van der Waals surface area (Å²) in [5.41, 5.74) is 0. The van der Waals surface area contributed by atoms with Crippen molar-refractivity contribution in [2.75, 3.05) is 47.5 Å². The van der Waals surface area contributed by atoms with Crippen molar-refractivity contribution in [3.63, 3.8) is 0 Å². The number of ether oxygens (including phenoxy) is 4. The summed E-state index contributed by atoms with van der Waals surface area (Å²) in [7, 11) is 5.94. The number of rotatable bonds is 45. The fourth-order valence-electron chi connectivity index (χ4n) is 6.60. The number of hydrogen-bond acceptors (Lipinski definition) is 7. The number of nitrogens with zero attached hydrogens (tertiary/aromatic N) is 1. The van der Waals surface area contributed by atoms with Gasteiger partial charge in [-0.2, -0.15) is 0 Å². The number of likely N-dealkylation sites (N-methyl/N-ethyl adjacent to an activating group) is 1. The van der Waals surface area contributed by atoms with Crippen molar-refractivity contribution in [3.8, 4) is 0 Å². The van der Waals surface area contributed by atoms with Gasteiger partial charge in [-0.05, 0) is 64.2 Å². The second kappa shape index (κ2) is 45.3. The van der Waals surface area contributed by atoms with E-state index in [1.54, 1.807) is 0 Å². The summed E-state index contributed by atoms with van der Waals surface area (Å²) in [6.07, 6.45) is 54.6. The lowest BCUT2D eigenvalue weighted by Crippen LogP contribution is -2.40. The Hall–Kier alpha value is -3.27. The zero-order chi connectivity index (χ0) is 46.3. The van der Waals surface area contributed by atoms with Gasteiger partial charge in [0.25, 0.3) is 6.29 Å². The number of allylic oxidation sites excluding steroid dienone is 12. The molecule has 0 aliphatic rings. The molecule has 0 aliphatic carbocycles. The van der Waals surface area contributed by atoms with Crippen molar-refractivity contribution in [2.24, 2.45) is 0 Å². The number of carbonyl (C=O) groups excluding carboxylic acids is 2. The average molecular weight is 885 g/mol. The lowest BCUT2D eigenvalue weighted by molar-refractivity contribution is -0.870. The zero-order valence-electron chi connectivity index (χ0n) is 41.0. The number of aliphatic carboxylic acids is 1. The van der Waals surface area contributed by atoms with Crippen LogP contribution >= 0.6 is 0 Å². The van der Waals surface area contributed by atoms with Crippen LogP contribution in [0.2, 0.25) is 0 Å². The molecule has 0 saturated heterocycles. The number of carboxylic acids is 1. The molecule has 2 atom stereocenters. The number of carbonyl (C=O) groups is 3. The summed E-state index contributed by atoms with van der Waals surface area (Å²) in [4.78, 5) is 36.8. The van der Waals surface area contributed by atoms with Gasteiger partial charge in [-0.1, -0.05) is 189 Å². The molecule has 0 heterocycles. The van der Waals surface area contributed by atoms with Crippen LogP contribution in [0.25, 0.3) is 0 Å². The fraction of sp³-hybridized carbons (Fsp3) is 0.722. The standard InChI is InChI=1S/C54H93NO8/c1-6-8-10-12-13-14-15-16-17-18-19-20-21-22-23-24-25-26-27-28-29-30-31-32-33-34-35-36-37-38-39-41-43-45-52(57)63-50(48-61-51(56)44-42-40-11-9-7-2)49-62-54(53(58)59)60-47-46-55(3,4)5/h8,10,13-14,16-17,19-20,22-23,25-26,50,54H,6-7,9,11-12,15,18,21,24,27-49H2,1-5H3/p+1/b10-8-,14-13-,17-16-,20-19-,23-22-,26-25-. The highest BCUT2D eigenvalue weighted by Crippen LogP contribution is 2.15. The fourth-order valence-corrected chi connectivity index (χ4v) is 6.60. The highest BCUT2D eigenvalue weighted by molar-refractivity contribution is 5.71. The van der Waals surface area contributed by atoms with Gasteiger partial charge in [0.2, 0.25) is 0 Å². The van der Waals surface area contributed by atoms with Gasteiger partial charge in [0, 0.05) is 12.8 Å². The molecule has 2 unspecified atom stereocenters. The van der Waals surface area contributed by atoms with Crippen LogP contribution in [0.5, 0.6) is 0 Å². The number of hydrogen-bond donors (Lipinski definition) is 1. The van der Waals surface area contributed by atoms with Gasteiger partial charge < -0.3 is 28.5 Å². The monoisotopic (exact) mass is 885 g/mol. The Balaban J connectivity index is 3.99. The van der Waals surface area contributed by atoms with Crippen molar-refractivity contribution in [1.82, 2.24) is 0 Å². The van der Waals surface area contributed by atoms with E-state index in [0.717, 1.165) is 89.9 Å². The molecular weight excluding hydrogens is 791 g/mol. The first-order valence-corrected chi connectivity index (χ1v) is 25.1. The van der Waals surface area contributed by atoms with Crippen LogP contribution in [0.4, 0.5) is 0 Å². The van der Waals surface area contributed by atoms with Crippen LogP contribution in [-0.2, 0) is 33.3 Å². The summed E-state index contributed by atoms with van der Waals surface area (Å²) < 4.78 is 22.6. The number of carboxylic acid groups (broad SMARTS) is 1. The SMILES string of the molecule is CC/C=C\C/C=C\C/C=C\C/C=C\C/C=C\C/C=C\CCCCCCCCCCCCCCCCC(=O)OC(COC(=O)CCCCCCC)COC(OCC[N+](C)(C)C)C(=O)O. The molecule has 0 radical (unpaired) electrons. The van der Waals surface area contributed by atoms with Crippen LogP contribution in [0.1, 0.15) is 194 Å². The topological polar surface area (TPSA) is 108 Å². The molecule has 0 bridgehead atoms. The molecule has 0 fully saturated rings. The molecule has 362 valence electrons. The van der Waals surface area contributed by atoms with Crippen LogP contribution in [0.15, 0.2) is 72.9 Å². The molecule has 0 aromatic heterocycles. The van der Waals surface area contributed by atoms with Crippen molar-refractivity contribution in [1.29, 1.82) is 0 Å². The lowest BCUT2D eigenvalue weighted by atomic mass is 10.0. The molecule has 0 saturated carbocycles. The minimum Gasteiger partial charge on any atom is -0.477 e. The molecule has 0 aromatic rings. The maximum Gasteiger partial charge on any atom is 0.361 e. The lowest BCUT2D eigenvalue weighted by Gasteiger charge is -2.25. The maximum absolute atomic E-state index is 12.7. The normalized spacial score (nSPS) is 13.5. The van der Waals surface area contributed by atoms with Gasteiger partial charge in [0.1, 0.15) is 13.2 Å². The van der Waals surface area contributed by atoms with Crippen molar-refractivity contribution >= 4 is 17.9 Å². The minimum atomic E-state index is -1.51. The Bertz CT molecular complexity index is 1260. The molecular formula is C54H94NO8+. The van der Waals surface area contributed by atoms with E-state index < -0.39 is 24.3 Å². The van der Waals surface area contributed by atoms with Crippen LogP contribution < -0.4 is 0 Å². The van der Waals surface area contributed by atoms with Crippen LogP contribution in [0, 0.1) is 0 Å². The molecule has 63 heavy (non-hydrogen) atoms. The Morgan fingerprint density at radius 3 is 1.35 bits per heavy atom. The summed E-state index contributed by atoms with van der Waals surface area (Å²) in [6.45, 7) is 4.65. The van der Waals surface area contributed by atoms with Gasteiger partial charge in [0.15, 0.2) is 6.10 Å². The van der Waals surface area contributed by atoms with E-state index in [-0.39, 0.29) is 32.2 Å². The molecule has 0 spiro atoms. The highest BCUT2D eigenvalue weighted by atomic mass is 16.7. The highest BCUT2D eigenvalue weighted by Gasteiger charge is 2.25. The summed E-state index contributed by atoms with van der Waals surface area (Å²) in [5, 5.41) is 9.60. The first kappa shape index (κ1) is 59.7. The van der Waals surface area contributed by atoms with Crippen molar-refractivity contribution < 1.29 is 42.9 Å². The first-order valence-electron chi connectivity index (χ1n) is 25.1. The quantitative estimate of drug-likeness (QED) is 0.0212. The average Bonchev–Trinajstić information content (AvgIpc) is 3.24. The van der Waals surface area contributed by atoms with Gasteiger partial charge in [0.05, 0.1) is 34.4 Å². The van der Waals surface area contributed by atoms with E-state index in [2.05, 4.69) is 86.8 Å². The van der Waals surface area contributed by atoms with E-state index >= 15 is 0 Å². The van der Waals surface area contributed by atoms with E-state index in [0.29, 0.717) is 17.4 Å². The van der Waals surface area contributed by atoms with Crippen molar-refractivity contribution in [2.45, 2.75) is 206 Å². The number of quaternary nitrogens is 1. The Morgan fingerprint density at radius 1 is 0.492 bits per heavy atom. The van der Waals surface area contributed by atoms with Crippen molar-refractivity contribution in [3.05, 3.63) is 72.9 Å². The Morgan fingerprint density at radius 2 is 0.905 bits per heavy atom. The van der Waals surface area contributed by atoms with E-state index in [9.17, 15) is 19.5 Å². The van der Waals surface area contributed by atoms with Crippen LogP contribution in [-0.4, -0.2) is 87.4 Å². The second-order valence-electron chi connectivity index (χ2n) is 17.8. The van der Waals surface area contributed by atoms with E-state index in [1.807, 2.05) is 21.1 Å². The van der Waals surface area contributed by atoms with Gasteiger partial charge >= 0.3 is 17.9 Å². The zero-order valence-corrected chi connectivity index (χ0v) is 41.0. The van der Waals surface area contributed by atoms with Crippen LogP contribution in [0.3, 0.4) is 0 Å². The van der Waals surface area contributed by atoms with Gasteiger partial charge in [-0.3, -0.25) is 9.59 Å². The summed E-state index contributed by atoms with van der Waals surface area (Å²) >= 11 is 0. The maximum atomic E-state index is 12.7. The summed E-state index contributed by atoms with van der Waals surface area (Å²) in [6, 6.07) is 0. The third kappa shape index (κ3) is 46.5. The molecule has 9 heteroatoms. The molecule has 0 aliphatic heterocycles. The smallest absolute Gasteiger partial charge is 0.361 e. The Kier molecular flexibility index (Phi) is 43.0. The van der Waals surface area contributed by atoms with E-state index in [1.165, 1.54) is 77.0 Å². The molecule has 0 aromatic carbocycles. The van der Waals surface area contributed by atoms with Gasteiger partial charge in [-0.15, -0.1) is 0 Å². The largest absolute Gasteiger partial charge is 0.477 e. The van der Waals surface area contributed by atoms with E-state index in [4.69, 9.17) is 18.9 Å². The number of esters is 2. The van der Waals surface area contributed by atoms with Gasteiger partial charge in [-0.25, -0.2) is 4.79 Å². The Labute approximate surface area is 386 Å². The molecule has 9 nitrogen and oxygen atoms in total.